The van der Waals surface area contributed by atoms with E-state index in [9.17, 15) is 14.4 Å². The van der Waals surface area contributed by atoms with E-state index in [0.29, 0.717) is 54.4 Å². The molecule has 5 rings (SSSR count). The fourth-order valence-corrected chi connectivity index (χ4v) is 7.33. The summed E-state index contributed by atoms with van der Waals surface area (Å²) in [6.45, 7) is -0.00520. The average molecular weight is 688 g/mol. The molecule has 10 heteroatoms. The minimum Gasteiger partial charge on any atom is -0.497 e. The number of benzene rings is 3. The number of likely N-dealkylation sites (tertiary alicyclic amines) is 1. The number of piperidine rings is 1. The summed E-state index contributed by atoms with van der Waals surface area (Å²) in [6, 6.07) is 19.7. The smallest absolute Gasteiger partial charge is 0.341 e. The van der Waals surface area contributed by atoms with E-state index in [1.807, 2.05) is 48.5 Å². The van der Waals surface area contributed by atoms with E-state index in [1.165, 1.54) is 6.42 Å². The maximum Gasteiger partial charge on any atom is 0.341 e. The summed E-state index contributed by atoms with van der Waals surface area (Å²) < 4.78 is 28.2. The summed E-state index contributed by atoms with van der Waals surface area (Å²) in [5.74, 6) is 0.533. The number of carboxylic acids is 1. The monoisotopic (exact) mass is 687 g/mol. The zero-order valence-electron chi connectivity index (χ0n) is 29.3. The number of esters is 1. The van der Waals surface area contributed by atoms with Gasteiger partial charge < -0.3 is 33.7 Å². The molecule has 1 aliphatic heterocycles. The van der Waals surface area contributed by atoms with Crippen LogP contribution in [0, 0.1) is 5.92 Å². The molecule has 2 aliphatic rings. The van der Waals surface area contributed by atoms with Gasteiger partial charge in [0.15, 0.2) is 18.1 Å². The van der Waals surface area contributed by atoms with Crippen LogP contribution >= 0.6 is 0 Å². The molecule has 0 bridgehead atoms. The number of hydrogen-bond acceptors (Lipinski definition) is 8. The minimum atomic E-state index is -1.09. The van der Waals surface area contributed by atoms with Crippen molar-refractivity contribution in [2.45, 2.75) is 82.3 Å². The quantitative estimate of drug-likeness (QED) is 0.166. The van der Waals surface area contributed by atoms with Crippen LogP contribution < -0.4 is 18.9 Å². The first-order chi connectivity index (χ1) is 24.3. The molecule has 3 aromatic rings. The van der Waals surface area contributed by atoms with E-state index in [0.717, 1.165) is 49.7 Å². The summed E-state index contributed by atoms with van der Waals surface area (Å²) in [7, 11) is 4.79. The average Bonchev–Trinajstić information content (AvgIpc) is 3.16. The molecule has 0 spiro atoms. The molecule has 1 heterocycles. The van der Waals surface area contributed by atoms with E-state index in [2.05, 4.69) is 0 Å². The third-order valence-electron chi connectivity index (χ3n) is 9.89. The van der Waals surface area contributed by atoms with Crippen molar-refractivity contribution in [1.29, 1.82) is 0 Å². The predicted octanol–water partition coefficient (Wildman–Crippen LogP) is 7.14. The van der Waals surface area contributed by atoms with Gasteiger partial charge in [-0.15, -0.1) is 0 Å². The SMILES string of the molecule is COc1cccc(C(C(=O)N2CCCCC2C(=O)OC(CCc2ccc(OC)c(OC)c2)c2cccc(OCC(=O)O)c2)C2CCCCC2)c1. The molecule has 3 unspecified atom stereocenters. The molecule has 3 aromatic carbocycles. The lowest BCUT2D eigenvalue weighted by Gasteiger charge is -2.39. The summed E-state index contributed by atoms with van der Waals surface area (Å²) >= 11 is 0. The number of carbonyl (C=O) groups excluding carboxylic acids is 2. The number of hydrogen-bond donors (Lipinski definition) is 1. The van der Waals surface area contributed by atoms with Gasteiger partial charge >= 0.3 is 11.9 Å². The maximum absolute atomic E-state index is 14.7. The van der Waals surface area contributed by atoms with Crippen LogP contribution in [0.3, 0.4) is 0 Å². The third kappa shape index (κ3) is 9.28. The molecule has 2 fully saturated rings. The molecule has 0 aromatic heterocycles. The summed E-state index contributed by atoms with van der Waals surface area (Å²) in [5.41, 5.74) is 2.56. The second-order valence-electron chi connectivity index (χ2n) is 13.1. The third-order valence-corrected chi connectivity index (χ3v) is 9.89. The van der Waals surface area contributed by atoms with E-state index in [4.69, 9.17) is 28.8 Å². The molecule has 50 heavy (non-hydrogen) atoms. The van der Waals surface area contributed by atoms with Gasteiger partial charge in [0.05, 0.1) is 27.2 Å². The summed E-state index contributed by atoms with van der Waals surface area (Å²) in [6.07, 6.45) is 7.71. The lowest BCUT2D eigenvalue weighted by molar-refractivity contribution is -0.163. The topological polar surface area (TPSA) is 121 Å². The van der Waals surface area contributed by atoms with Crippen LogP contribution in [0.5, 0.6) is 23.0 Å². The van der Waals surface area contributed by atoms with E-state index < -0.39 is 30.7 Å². The number of aryl methyl sites for hydroxylation is 1. The van der Waals surface area contributed by atoms with Gasteiger partial charge in [-0.3, -0.25) is 4.79 Å². The van der Waals surface area contributed by atoms with Crippen LogP contribution in [-0.2, 0) is 25.5 Å². The van der Waals surface area contributed by atoms with Gasteiger partial charge in [-0.1, -0.05) is 49.6 Å². The maximum atomic E-state index is 14.7. The Bertz CT molecular complexity index is 1600. The molecule has 1 aliphatic carbocycles. The van der Waals surface area contributed by atoms with Crippen LogP contribution in [0.25, 0.3) is 0 Å². The highest BCUT2D eigenvalue weighted by atomic mass is 16.5. The van der Waals surface area contributed by atoms with E-state index in [1.54, 1.807) is 44.4 Å². The molecule has 3 atom stereocenters. The molecular formula is C40H49NO9. The summed E-state index contributed by atoms with van der Waals surface area (Å²) in [5, 5.41) is 9.15. The highest BCUT2D eigenvalue weighted by Gasteiger charge is 2.41. The van der Waals surface area contributed by atoms with Crippen LogP contribution in [-0.4, -0.2) is 68.4 Å². The van der Waals surface area contributed by atoms with Crippen molar-refractivity contribution < 1.29 is 43.2 Å². The summed E-state index contributed by atoms with van der Waals surface area (Å²) in [4.78, 5) is 41.8. The van der Waals surface area contributed by atoms with Gasteiger partial charge in [-0.25, -0.2) is 9.59 Å². The van der Waals surface area contributed by atoms with Gasteiger partial charge in [0, 0.05) is 6.54 Å². The number of carboxylic acid groups (broad SMARTS) is 1. The number of carbonyl (C=O) groups is 3. The molecule has 0 radical (unpaired) electrons. The number of ether oxygens (including phenoxy) is 5. The van der Waals surface area contributed by atoms with Crippen LogP contribution in [0.1, 0.15) is 86.5 Å². The largest absolute Gasteiger partial charge is 0.497 e. The standard InChI is InChI=1S/C40H49NO9/c1-46-31-15-10-14-30(25-31)38(28-11-5-4-6-12-28)39(44)41-22-8-7-17-33(41)40(45)50-34(29-13-9-16-32(24-29)49-26-37(42)43)20-18-27-19-21-35(47-2)36(23-27)48-3/h9-10,13-16,19,21,23-25,28,33-34,38H,4-8,11-12,17-18,20,22,26H2,1-3H3,(H,42,43). The molecule has 268 valence electrons. The van der Waals surface area contributed by atoms with Crippen molar-refractivity contribution in [2.24, 2.45) is 5.92 Å². The Morgan fingerprint density at radius 2 is 1.48 bits per heavy atom. The fourth-order valence-electron chi connectivity index (χ4n) is 7.33. The van der Waals surface area contributed by atoms with Gasteiger partial charge in [-0.05, 0) is 104 Å². The van der Waals surface area contributed by atoms with E-state index in [-0.39, 0.29) is 17.7 Å². The van der Waals surface area contributed by atoms with Crippen LogP contribution in [0.2, 0.25) is 0 Å². The Morgan fingerprint density at radius 3 is 2.20 bits per heavy atom. The zero-order valence-corrected chi connectivity index (χ0v) is 29.3. The Balaban J connectivity index is 1.41. The van der Waals surface area contributed by atoms with Crippen LogP contribution in [0.15, 0.2) is 66.7 Å². The van der Waals surface area contributed by atoms with Crippen molar-refractivity contribution in [3.05, 3.63) is 83.4 Å². The minimum absolute atomic E-state index is 0.0299. The van der Waals surface area contributed by atoms with Crippen molar-refractivity contribution in [2.75, 3.05) is 34.5 Å². The molecule has 1 N–H and O–H groups in total. The van der Waals surface area contributed by atoms with Crippen molar-refractivity contribution in [1.82, 2.24) is 4.90 Å². The number of methoxy groups -OCH3 is 3. The fraction of sp³-hybridized carbons (Fsp3) is 0.475. The number of aliphatic carboxylic acids is 1. The lowest BCUT2D eigenvalue weighted by atomic mass is 9.75. The first-order valence-electron chi connectivity index (χ1n) is 17.6. The molecule has 1 saturated carbocycles. The highest BCUT2D eigenvalue weighted by molar-refractivity contribution is 5.89. The Morgan fingerprint density at radius 1 is 0.780 bits per heavy atom. The van der Waals surface area contributed by atoms with Gasteiger partial charge in [0.25, 0.3) is 0 Å². The first kappa shape index (κ1) is 36.5. The van der Waals surface area contributed by atoms with Crippen molar-refractivity contribution >= 4 is 17.8 Å². The van der Waals surface area contributed by atoms with Crippen LogP contribution in [0.4, 0.5) is 0 Å². The second kappa shape index (κ2) is 17.8. The Labute approximate surface area is 294 Å². The molecule has 1 saturated heterocycles. The highest BCUT2D eigenvalue weighted by Crippen LogP contribution is 2.40. The Hall–Kier alpha value is -4.73. The zero-order chi connectivity index (χ0) is 35.5. The molecular weight excluding hydrogens is 638 g/mol. The number of amides is 1. The lowest BCUT2D eigenvalue weighted by Crippen LogP contribution is -2.51. The molecule has 10 nitrogen and oxygen atoms in total. The predicted molar refractivity (Wildman–Crippen MR) is 188 cm³/mol. The Kier molecular flexibility index (Phi) is 13.0. The second-order valence-corrected chi connectivity index (χ2v) is 13.1. The normalized spacial score (nSPS) is 17.7. The number of rotatable bonds is 15. The van der Waals surface area contributed by atoms with Crippen molar-refractivity contribution in [3.8, 4) is 23.0 Å². The van der Waals surface area contributed by atoms with E-state index >= 15 is 0 Å². The first-order valence-corrected chi connectivity index (χ1v) is 17.6. The van der Waals surface area contributed by atoms with Gasteiger partial charge in [0.2, 0.25) is 5.91 Å². The molecule has 1 amide bonds. The van der Waals surface area contributed by atoms with Crippen molar-refractivity contribution in [3.63, 3.8) is 0 Å². The van der Waals surface area contributed by atoms with Gasteiger partial charge in [-0.2, -0.15) is 0 Å². The van der Waals surface area contributed by atoms with Gasteiger partial charge in [0.1, 0.15) is 23.6 Å². The number of nitrogens with zero attached hydrogens (tertiary/aromatic N) is 1.